The standard InChI is InChI=1S/C18H24N4O2S/c1-4-22-12-15(16(21-22)17(23)24-13(2)3)20-18(25)19-11-10-14-8-6-5-7-9-14/h5-9,12-13H,4,10-11H2,1-3H3,(H2,19,20,25). The molecule has 2 aromatic rings. The van der Waals surface area contributed by atoms with E-state index in [2.05, 4.69) is 27.9 Å². The second kappa shape index (κ2) is 9.17. The molecule has 0 saturated carbocycles. The summed E-state index contributed by atoms with van der Waals surface area (Å²) in [4.78, 5) is 12.2. The largest absolute Gasteiger partial charge is 0.458 e. The van der Waals surface area contributed by atoms with Gasteiger partial charge in [0.15, 0.2) is 10.8 Å². The molecule has 6 nitrogen and oxygen atoms in total. The van der Waals surface area contributed by atoms with Crippen LogP contribution in [-0.2, 0) is 17.7 Å². The molecule has 0 radical (unpaired) electrons. The fraction of sp³-hybridized carbons (Fsp3) is 0.389. The van der Waals surface area contributed by atoms with Gasteiger partial charge in [-0.3, -0.25) is 4.68 Å². The third kappa shape index (κ3) is 5.86. The number of benzene rings is 1. The Balaban J connectivity index is 1.95. The summed E-state index contributed by atoms with van der Waals surface area (Å²) in [6.07, 6.45) is 2.41. The zero-order chi connectivity index (χ0) is 18.2. The quantitative estimate of drug-likeness (QED) is 0.584. The van der Waals surface area contributed by atoms with Gasteiger partial charge in [0.2, 0.25) is 0 Å². The molecule has 25 heavy (non-hydrogen) atoms. The van der Waals surface area contributed by atoms with Crippen LogP contribution in [0, 0.1) is 0 Å². The number of thiocarbonyl (C=S) groups is 1. The highest BCUT2D eigenvalue weighted by Gasteiger charge is 2.19. The Kier molecular flexibility index (Phi) is 6.94. The minimum absolute atomic E-state index is 0.205. The van der Waals surface area contributed by atoms with Crippen LogP contribution in [0.15, 0.2) is 36.5 Å². The third-order valence-corrected chi connectivity index (χ3v) is 3.66. The van der Waals surface area contributed by atoms with Crippen LogP contribution < -0.4 is 10.6 Å². The van der Waals surface area contributed by atoms with E-state index in [9.17, 15) is 4.79 Å². The van der Waals surface area contributed by atoms with Crippen LogP contribution in [0.1, 0.15) is 36.8 Å². The number of nitrogens with zero attached hydrogens (tertiary/aromatic N) is 2. The molecular formula is C18H24N4O2S. The van der Waals surface area contributed by atoms with Crippen LogP contribution in [0.5, 0.6) is 0 Å². The van der Waals surface area contributed by atoms with Gasteiger partial charge in [0.25, 0.3) is 0 Å². The summed E-state index contributed by atoms with van der Waals surface area (Å²) in [5.74, 6) is -0.461. The number of aryl methyl sites for hydroxylation is 1. The lowest BCUT2D eigenvalue weighted by Gasteiger charge is -2.11. The van der Waals surface area contributed by atoms with E-state index in [-0.39, 0.29) is 11.8 Å². The predicted octanol–water partition coefficient (Wildman–Crippen LogP) is 3.00. The van der Waals surface area contributed by atoms with Crippen LogP contribution >= 0.6 is 12.2 Å². The Labute approximate surface area is 153 Å². The maximum absolute atomic E-state index is 12.2. The van der Waals surface area contributed by atoms with Gasteiger partial charge in [-0.2, -0.15) is 5.10 Å². The molecule has 0 unspecified atom stereocenters. The lowest BCUT2D eigenvalue weighted by Crippen LogP contribution is -2.30. The second-order valence-electron chi connectivity index (χ2n) is 5.82. The summed E-state index contributed by atoms with van der Waals surface area (Å²) in [7, 11) is 0. The van der Waals surface area contributed by atoms with Crippen LogP contribution in [0.2, 0.25) is 0 Å². The normalized spacial score (nSPS) is 10.6. The van der Waals surface area contributed by atoms with Crippen molar-refractivity contribution in [2.24, 2.45) is 0 Å². The van der Waals surface area contributed by atoms with Gasteiger partial charge in [-0.25, -0.2) is 4.79 Å². The Morgan fingerprint density at radius 1 is 1.32 bits per heavy atom. The molecule has 0 fully saturated rings. The summed E-state index contributed by atoms with van der Waals surface area (Å²) in [6.45, 7) is 6.90. The summed E-state index contributed by atoms with van der Waals surface area (Å²) >= 11 is 5.32. The van der Waals surface area contributed by atoms with Crippen molar-refractivity contribution in [3.05, 3.63) is 47.8 Å². The highest BCUT2D eigenvalue weighted by Crippen LogP contribution is 2.16. The van der Waals surface area contributed by atoms with E-state index in [0.717, 1.165) is 6.42 Å². The lowest BCUT2D eigenvalue weighted by atomic mass is 10.1. The van der Waals surface area contributed by atoms with Gasteiger partial charge < -0.3 is 15.4 Å². The van der Waals surface area contributed by atoms with E-state index in [1.54, 1.807) is 24.7 Å². The van der Waals surface area contributed by atoms with Crippen LogP contribution in [0.3, 0.4) is 0 Å². The zero-order valence-electron chi connectivity index (χ0n) is 14.8. The van der Waals surface area contributed by atoms with E-state index in [4.69, 9.17) is 17.0 Å². The Morgan fingerprint density at radius 2 is 2.04 bits per heavy atom. The molecule has 1 aromatic heterocycles. The van der Waals surface area contributed by atoms with E-state index in [1.165, 1.54) is 5.56 Å². The average Bonchev–Trinajstić information content (AvgIpc) is 2.98. The van der Waals surface area contributed by atoms with Gasteiger partial charge in [-0.15, -0.1) is 0 Å². The smallest absolute Gasteiger partial charge is 0.361 e. The van der Waals surface area contributed by atoms with E-state index in [0.29, 0.717) is 23.9 Å². The first-order valence-electron chi connectivity index (χ1n) is 8.36. The number of ether oxygens (including phenoxy) is 1. The SMILES string of the molecule is CCn1cc(NC(=S)NCCc2ccccc2)c(C(=O)OC(C)C)n1. The summed E-state index contributed by atoms with van der Waals surface area (Å²) in [6, 6.07) is 10.2. The molecule has 1 aromatic carbocycles. The van der Waals surface area contributed by atoms with Crippen molar-refractivity contribution in [2.45, 2.75) is 39.8 Å². The van der Waals surface area contributed by atoms with Crippen molar-refractivity contribution >= 4 is 29.0 Å². The second-order valence-corrected chi connectivity index (χ2v) is 6.23. The van der Waals surface area contributed by atoms with Crippen LogP contribution in [0.4, 0.5) is 5.69 Å². The lowest BCUT2D eigenvalue weighted by molar-refractivity contribution is 0.0371. The number of nitrogens with one attached hydrogen (secondary N) is 2. The molecule has 0 amide bonds. The number of rotatable bonds is 7. The molecule has 1 heterocycles. The summed E-state index contributed by atoms with van der Waals surface area (Å²) < 4.78 is 6.91. The molecule has 0 atom stereocenters. The molecule has 0 saturated heterocycles. The van der Waals surface area contributed by atoms with Crippen molar-refractivity contribution in [3.63, 3.8) is 0 Å². The first-order valence-corrected chi connectivity index (χ1v) is 8.77. The van der Waals surface area contributed by atoms with Gasteiger partial charge in [-0.1, -0.05) is 30.3 Å². The van der Waals surface area contributed by atoms with Gasteiger partial charge in [0, 0.05) is 19.3 Å². The van der Waals surface area contributed by atoms with Gasteiger partial charge >= 0.3 is 5.97 Å². The van der Waals surface area contributed by atoms with Gasteiger partial charge in [-0.05, 0) is 45.0 Å². The molecule has 2 rings (SSSR count). The molecule has 7 heteroatoms. The fourth-order valence-corrected chi connectivity index (χ4v) is 2.44. The van der Waals surface area contributed by atoms with Crippen LogP contribution in [-0.4, -0.2) is 33.5 Å². The molecule has 0 bridgehead atoms. The summed E-state index contributed by atoms with van der Waals surface area (Å²) in [5, 5.41) is 10.9. The number of hydrogen-bond donors (Lipinski definition) is 2. The Morgan fingerprint density at radius 3 is 2.68 bits per heavy atom. The van der Waals surface area contributed by atoms with Gasteiger partial charge in [0.05, 0.1) is 11.8 Å². The van der Waals surface area contributed by atoms with Crippen molar-refractivity contribution in [2.75, 3.05) is 11.9 Å². The maximum Gasteiger partial charge on any atom is 0.361 e. The fourth-order valence-electron chi connectivity index (χ4n) is 2.23. The molecular weight excluding hydrogens is 336 g/mol. The topological polar surface area (TPSA) is 68.2 Å². The van der Waals surface area contributed by atoms with Crippen molar-refractivity contribution in [3.8, 4) is 0 Å². The maximum atomic E-state index is 12.2. The van der Waals surface area contributed by atoms with E-state index < -0.39 is 5.97 Å². The first kappa shape index (κ1) is 18.9. The molecule has 2 N–H and O–H groups in total. The average molecular weight is 360 g/mol. The van der Waals surface area contributed by atoms with Gasteiger partial charge in [0.1, 0.15) is 0 Å². The highest BCUT2D eigenvalue weighted by atomic mass is 32.1. The van der Waals surface area contributed by atoms with Crippen molar-refractivity contribution in [1.82, 2.24) is 15.1 Å². The Bertz CT molecular complexity index is 713. The number of carbonyl (C=O) groups is 1. The molecule has 0 aliphatic carbocycles. The van der Waals surface area contributed by atoms with E-state index in [1.807, 2.05) is 25.1 Å². The first-order chi connectivity index (χ1) is 12.0. The Hall–Kier alpha value is -2.41. The van der Waals surface area contributed by atoms with E-state index >= 15 is 0 Å². The monoisotopic (exact) mass is 360 g/mol. The number of anilines is 1. The predicted molar refractivity (Wildman–Crippen MR) is 103 cm³/mol. The number of hydrogen-bond acceptors (Lipinski definition) is 4. The minimum atomic E-state index is -0.461. The summed E-state index contributed by atoms with van der Waals surface area (Å²) in [5.41, 5.74) is 2.02. The van der Waals surface area contributed by atoms with Crippen LogP contribution in [0.25, 0.3) is 0 Å². The molecule has 0 aliphatic heterocycles. The number of esters is 1. The molecule has 134 valence electrons. The molecule has 0 spiro atoms. The number of carbonyl (C=O) groups excluding carboxylic acids is 1. The highest BCUT2D eigenvalue weighted by molar-refractivity contribution is 7.80. The van der Waals surface area contributed by atoms with Crippen molar-refractivity contribution in [1.29, 1.82) is 0 Å². The van der Waals surface area contributed by atoms with Crippen molar-refractivity contribution < 1.29 is 9.53 Å². The third-order valence-electron chi connectivity index (χ3n) is 3.41. The molecule has 0 aliphatic rings. The zero-order valence-corrected chi connectivity index (χ0v) is 15.6. The minimum Gasteiger partial charge on any atom is -0.458 e. The number of aromatic nitrogens is 2.